The average Bonchev–Trinajstić information content (AvgIpc) is 3.13. The molecule has 0 aliphatic heterocycles. The number of imidazole rings is 1. The van der Waals surface area contributed by atoms with E-state index < -0.39 is 10.4 Å². The Morgan fingerprint density at radius 2 is 1.63 bits per heavy atom. The quantitative estimate of drug-likeness (QED) is 0.198. The van der Waals surface area contributed by atoms with Crippen LogP contribution in [-0.2, 0) is 21.1 Å². The molecule has 0 radical (unpaired) electrons. The molecule has 0 aromatic carbocycles. The highest BCUT2D eigenvalue weighted by Gasteiger charge is 2.04. The highest BCUT2D eigenvalue weighted by atomic mass is 32.3. The molecule has 0 amide bonds. The zero-order valence-corrected chi connectivity index (χ0v) is 18.3. The van der Waals surface area contributed by atoms with Gasteiger partial charge in [-0.25, -0.2) is 13.0 Å². The van der Waals surface area contributed by atoms with Crippen molar-refractivity contribution in [1.29, 1.82) is 0 Å². The molecule has 7 heteroatoms. The lowest BCUT2D eigenvalue weighted by atomic mass is 10.00. The highest BCUT2D eigenvalue weighted by Crippen LogP contribution is 2.12. The smallest absolute Gasteiger partial charge is 0.241 e. The van der Waals surface area contributed by atoms with Crippen molar-refractivity contribution in [1.82, 2.24) is 4.98 Å². The van der Waals surface area contributed by atoms with E-state index in [-0.39, 0.29) is 6.61 Å². The first kappa shape index (κ1) is 26.1. The van der Waals surface area contributed by atoms with Gasteiger partial charge in [0.2, 0.25) is 16.7 Å². The number of hydrogen-bond donors (Lipinski definition) is 1. The van der Waals surface area contributed by atoms with Crippen LogP contribution in [0.3, 0.4) is 0 Å². The lowest BCUT2D eigenvalue weighted by molar-refractivity contribution is -0.696. The van der Waals surface area contributed by atoms with Crippen molar-refractivity contribution in [2.75, 3.05) is 6.61 Å². The molecule has 0 aliphatic carbocycles. The molecule has 1 N–H and O–H groups in total. The van der Waals surface area contributed by atoms with Gasteiger partial charge < -0.3 is 4.55 Å². The number of nitrogens with one attached hydrogen (secondary N) is 1. The Morgan fingerprint density at radius 1 is 1.00 bits per heavy atom. The zero-order chi connectivity index (χ0) is 20.4. The SMILES string of the molecule is CCCCCC(C)CC[n+]1cc[nH]c1.CCCCCCCCOS(=O)(=O)[O-]. The van der Waals surface area contributed by atoms with E-state index in [1.807, 2.05) is 12.5 Å². The zero-order valence-electron chi connectivity index (χ0n) is 17.5. The number of aromatic amines is 1. The van der Waals surface area contributed by atoms with E-state index in [2.05, 4.69) is 40.7 Å². The Balaban J connectivity index is 0.000000503. The predicted octanol–water partition coefficient (Wildman–Crippen LogP) is 4.73. The molecular weight excluding hydrogens is 364 g/mol. The van der Waals surface area contributed by atoms with Gasteiger partial charge in [0.1, 0.15) is 12.4 Å². The molecule has 0 spiro atoms. The summed E-state index contributed by atoms with van der Waals surface area (Å²) < 4.78 is 36.2. The first-order chi connectivity index (χ1) is 12.9. The van der Waals surface area contributed by atoms with E-state index in [1.54, 1.807) is 0 Å². The van der Waals surface area contributed by atoms with E-state index in [0.29, 0.717) is 6.42 Å². The van der Waals surface area contributed by atoms with Gasteiger partial charge >= 0.3 is 0 Å². The average molecular weight is 405 g/mol. The summed E-state index contributed by atoms with van der Waals surface area (Å²) in [6, 6.07) is 0. The van der Waals surface area contributed by atoms with Gasteiger partial charge in [0.05, 0.1) is 13.2 Å². The van der Waals surface area contributed by atoms with Gasteiger partial charge in [0, 0.05) is 0 Å². The lowest BCUT2D eigenvalue weighted by Crippen LogP contribution is -2.31. The van der Waals surface area contributed by atoms with Crippen LogP contribution in [0, 0.1) is 5.92 Å². The molecule has 6 nitrogen and oxygen atoms in total. The monoisotopic (exact) mass is 404 g/mol. The van der Waals surface area contributed by atoms with Crippen molar-refractivity contribution in [2.24, 2.45) is 5.92 Å². The second-order valence-corrected chi connectivity index (χ2v) is 8.29. The van der Waals surface area contributed by atoms with Crippen LogP contribution in [0.25, 0.3) is 0 Å². The fourth-order valence-corrected chi connectivity index (χ4v) is 3.08. The molecule has 0 fully saturated rings. The molecule has 1 aromatic rings. The molecule has 0 bridgehead atoms. The lowest BCUT2D eigenvalue weighted by Gasteiger charge is -2.08. The van der Waals surface area contributed by atoms with Crippen LogP contribution >= 0.6 is 0 Å². The molecule has 27 heavy (non-hydrogen) atoms. The highest BCUT2D eigenvalue weighted by molar-refractivity contribution is 7.80. The summed E-state index contributed by atoms with van der Waals surface area (Å²) in [6.45, 7) is 7.94. The fourth-order valence-electron chi connectivity index (χ4n) is 2.76. The van der Waals surface area contributed by atoms with Crippen molar-refractivity contribution in [2.45, 2.75) is 97.9 Å². The predicted molar refractivity (Wildman–Crippen MR) is 108 cm³/mol. The molecule has 1 unspecified atom stereocenters. The van der Waals surface area contributed by atoms with Crippen LogP contribution in [0.1, 0.15) is 91.4 Å². The van der Waals surface area contributed by atoms with Crippen LogP contribution < -0.4 is 4.57 Å². The molecule has 0 aliphatic rings. The minimum Gasteiger partial charge on any atom is -0.726 e. The largest absolute Gasteiger partial charge is 0.726 e. The van der Waals surface area contributed by atoms with Crippen LogP contribution in [0.4, 0.5) is 0 Å². The molecular formula is C20H40N2O4S. The standard InChI is InChI=1S/C12H22N2.C8H18O4S/c1-3-4-5-6-12(2)7-9-14-10-8-13-11-14;1-2-3-4-5-6-7-8-12-13(9,10)11/h8,10-12H,3-7,9H2,1-2H3;2-8H2,1H3,(H,9,10,11). The fraction of sp³-hybridized carbons (Fsp3) is 0.850. The van der Waals surface area contributed by atoms with Crippen molar-refractivity contribution in [3.63, 3.8) is 0 Å². The maximum absolute atomic E-state index is 9.99. The summed E-state index contributed by atoms with van der Waals surface area (Å²) in [7, 11) is -4.47. The van der Waals surface area contributed by atoms with E-state index in [4.69, 9.17) is 0 Å². The van der Waals surface area contributed by atoms with E-state index in [9.17, 15) is 13.0 Å². The van der Waals surface area contributed by atoms with Crippen LogP contribution in [-0.4, -0.2) is 24.6 Å². The third-order valence-electron chi connectivity index (χ3n) is 4.51. The number of rotatable bonds is 15. The molecule has 160 valence electrons. The summed E-state index contributed by atoms with van der Waals surface area (Å²) in [5, 5.41) is 0. The minimum absolute atomic E-state index is 0.0258. The first-order valence-corrected chi connectivity index (χ1v) is 11.8. The second kappa shape index (κ2) is 17.2. The maximum Gasteiger partial charge on any atom is 0.241 e. The van der Waals surface area contributed by atoms with Crippen molar-refractivity contribution < 1.29 is 21.7 Å². The summed E-state index contributed by atoms with van der Waals surface area (Å²) in [6.07, 6.45) is 19.1. The van der Waals surface area contributed by atoms with Crippen molar-refractivity contribution in [3.05, 3.63) is 18.7 Å². The van der Waals surface area contributed by atoms with Crippen molar-refractivity contribution in [3.8, 4) is 0 Å². The molecule has 1 atom stereocenters. The summed E-state index contributed by atoms with van der Waals surface area (Å²) in [5.74, 6) is 0.865. The molecule has 1 aromatic heterocycles. The first-order valence-electron chi connectivity index (χ1n) is 10.5. The number of nitrogens with zero attached hydrogens (tertiary/aromatic N) is 1. The van der Waals surface area contributed by atoms with Crippen molar-refractivity contribution >= 4 is 10.4 Å². The molecule has 1 rings (SSSR count). The Bertz CT molecular complexity index is 518. The topological polar surface area (TPSA) is 86.1 Å². The van der Waals surface area contributed by atoms with Crippen LogP contribution in [0.5, 0.6) is 0 Å². The Hall–Kier alpha value is -0.920. The minimum atomic E-state index is -4.47. The van der Waals surface area contributed by atoms with E-state index in [0.717, 1.165) is 25.3 Å². The van der Waals surface area contributed by atoms with Gasteiger partial charge in [-0.1, -0.05) is 78.6 Å². The van der Waals surface area contributed by atoms with Gasteiger partial charge in [-0.3, -0.25) is 9.17 Å². The van der Waals surface area contributed by atoms with E-state index >= 15 is 0 Å². The number of aryl methyl sites for hydroxylation is 1. The maximum atomic E-state index is 9.99. The number of H-pyrrole nitrogens is 1. The number of unbranched alkanes of at least 4 members (excludes halogenated alkanes) is 7. The second-order valence-electron chi connectivity index (χ2n) is 7.24. The summed E-state index contributed by atoms with van der Waals surface area (Å²) >= 11 is 0. The molecule has 1 heterocycles. The normalized spacial score (nSPS) is 12.4. The van der Waals surface area contributed by atoms with Gasteiger partial charge in [-0.05, 0) is 18.8 Å². The Morgan fingerprint density at radius 3 is 2.22 bits per heavy atom. The van der Waals surface area contributed by atoms with Gasteiger partial charge in [0.15, 0.2) is 0 Å². The molecule has 0 saturated heterocycles. The van der Waals surface area contributed by atoms with Crippen LogP contribution in [0.15, 0.2) is 18.7 Å². The third-order valence-corrected chi connectivity index (χ3v) is 4.96. The Kier molecular flexibility index (Phi) is 16.6. The van der Waals surface area contributed by atoms with E-state index in [1.165, 1.54) is 51.4 Å². The van der Waals surface area contributed by atoms with Crippen LogP contribution in [0.2, 0.25) is 0 Å². The number of hydrogen-bond acceptors (Lipinski definition) is 4. The summed E-state index contributed by atoms with van der Waals surface area (Å²) in [5.41, 5.74) is 0. The Labute approximate surface area is 166 Å². The number of aromatic nitrogens is 2. The summed E-state index contributed by atoms with van der Waals surface area (Å²) in [4.78, 5) is 3.07. The van der Waals surface area contributed by atoms with Gasteiger partial charge in [-0.2, -0.15) is 0 Å². The molecule has 0 saturated carbocycles. The van der Waals surface area contributed by atoms with Gasteiger partial charge in [-0.15, -0.1) is 0 Å². The van der Waals surface area contributed by atoms with Gasteiger partial charge in [0.25, 0.3) is 0 Å². The third kappa shape index (κ3) is 19.6.